The van der Waals surface area contributed by atoms with Gasteiger partial charge in [0, 0.05) is 6.08 Å². The highest BCUT2D eigenvalue weighted by Crippen LogP contribution is 2.14. The lowest BCUT2D eigenvalue weighted by Crippen LogP contribution is -2.05. The van der Waals surface area contributed by atoms with E-state index in [0.29, 0.717) is 42.3 Å². The van der Waals surface area contributed by atoms with Crippen molar-refractivity contribution in [2.45, 2.75) is 47.0 Å². The number of hydrogen-bond acceptors (Lipinski definition) is 7. The Labute approximate surface area is 232 Å². The van der Waals surface area contributed by atoms with E-state index in [-0.39, 0.29) is 11.7 Å². The van der Waals surface area contributed by atoms with Crippen LogP contribution in [0.2, 0.25) is 0 Å². The molecule has 0 saturated heterocycles. The molecule has 2 aromatic carbocycles. The molecule has 0 unspecified atom stereocenters. The molecule has 39 heavy (non-hydrogen) atoms. The van der Waals surface area contributed by atoms with Gasteiger partial charge in [0.1, 0.15) is 11.5 Å². The molecule has 0 radical (unpaired) electrons. The summed E-state index contributed by atoms with van der Waals surface area (Å²) in [5, 5.41) is 0. The largest absolute Gasteiger partial charge is 0.494 e. The molecule has 0 atom stereocenters. The summed E-state index contributed by atoms with van der Waals surface area (Å²) in [6, 6.07) is 14.0. The van der Waals surface area contributed by atoms with Gasteiger partial charge in [0.25, 0.3) is 0 Å². The predicted molar refractivity (Wildman–Crippen MR) is 154 cm³/mol. The number of hydrogen-bond donors (Lipinski definition) is 0. The Morgan fingerprint density at radius 1 is 0.769 bits per heavy atom. The van der Waals surface area contributed by atoms with E-state index in [9.17, 15) is 14.4 Å². The van der Waals surface area contributed by atoms with E-state index in [1.54, 1.807) is 43.3 Å². The van der Waals surface area contributed by atoms with Gasteiger partial charge in [-0.25, -0.2) is 14.4 Å². The summed E-state index contributed by atoms with van der Waals surface area (Å²) in [5.74, 6) is -0.00704. The first-order valence-electron chi connectivity index (χ1n) is 12.7. The Balaban J connectivity index is 0.000000769. The summed E-state index contributed by atoms with van der Waals surface area (Å²) >= 11 is 0. The van der Waals surface area contributed by atoms with Gasteiger partial charge >= 0.3 is 17.9 Å². The van der Waals surface area contributed by atoms with E-state index in [1.165, 1.54) is 11.6 Å². The van der Waals surface area contributed by atoms with Gasteiger partial charge < -0.3 is 18.9 Å². The number of allylic oxidation sites excluding steroid dienone is 2. The SMILES string of the molecule is C=C(C)OC(=O)c1ccc(CC)cc1.C=CC(=C)OC(=O)c1ccc(OCCCCOC(=O)C=C)cc1.CC. The van der Waals surface area contributed by atoms with Crippen molar-refractivity contribution in [1.82, 2.24) is 0 Å². The Hall–Kier alpha value is -4.39. The standard InChI is InChI=1S/C18H20O5.C12H14O2.C2H6/c1-4-14(3)23-18(20)15-8-10-16(11-9-15)21-12-6-7-13-22-17(19)5-2;1-4-10-5-7-11(8-6-10)12(13)14-9(2)3;1-2/h4-5,8-11H,1-3,6-7,12-13H2;5-8H,2,4H2,1,3H3;1-2H3. The second-order valence-corrected chi connectivity index (χ2v) is 7.65. The number of carbonyl (C=O) groups is 3. The summed E-state index contributed by atoms with van der Waals surface area (Å²) in [5.41, 5.74) is 2.17. The molecule has 0 heterocycles. The number of benzene rings is 2. The van der Waals surface area contributed by atoms with Gasteiger partial charge in [-0.15, -0.1) is 0 Å². The first-order valence-corrected chi connectivity index (χ1v) is 12.7. The zero-order chi connectivity index (χ0) is 29.6. The Morgan fingerprint density at radius 2 is 1.28 bits per heavy atom. The number of carbonyl (C=O) groups excluding carboxylic acids is 3. The quantitative estimate of drug-likeness (QED) is 0.0658. The first-order chi connectivity index (χ1) is 18.7. The highest BCUT2D eigenvalue weighted by atomic mass is 16.5. The lowest BCUT2D eigenvalue weighted by atomic mass is 10.1. The molecule has 210 valence electrons. The Kier molecular flexibility index (Phi) is 18.3. The molecule has 0 amide bonds. The molecule has 0 saturated carbocycles. The van der Waals surface area contributed by atoms with Crippen LogP contribution in [0.25, 0.3) is 0 Å². The number of aryl methyl sites for hydroxylation is 1. The molecule has 2 aromatic rings. The van der Waals surface area contributed by atoms with Crippen molar-refractivity contribution in [3.05, 3.63) is 115 Å². The molecule has 0 aliphatic heterocycles. The highest BCUT2D eigenvalue weighted by Gasteiger charge is 2.08. The molecular formula is C32H40O7. The molecule has 7 heteroatoms. The third-order valence-electron chi connectivity index (χ3n) is 4.62. The predicted octanol–water partition coefficient (Wildman–Crippen LogP) is 7.40. The smallest absolute Gasteiger partial charge is 0.343 e. The summed E-state index contributed by atoms with van der Waals surface area (Å²) in [6.45, 7) is 22.4. The van der Waals surface area contributed by atoms with Crippen molar-refractivity contribution in [1.29, 1.82) is 0 Å². The molecule has 0 spiro atoms. The maximum absolute atomic E-state index is 11.7. The monoisotopic (exact) mass is 536 g/mol. The van der Waals surface area contributed by atoms with E-state index in [1.807, 2.05) is 26.0 Å². The van der Waals surface area contributed by atoms with E-state index in [0.717, 1.165) is 18.9 Å². The summed E-state index contributed by atoms with van der Waals surface area (Å²) in [7, 11) is 0. The molecule has 7 nitrogen and oxygen atoms in total. The van der Waals surface area contributed by atoms with Crippen LogP contribution in [0.3, 0.4) is 0 Å². The Morgan fingerprint density at radius 3 is 1.77 bits per heavy atom. The van der Waals surface area contributed by atoms with Crippen molar-refractivity contribution in [3.8, 4) is 5.75 Å². The molecular weight excluding hydrogens is 496 g/mol. The van der Waals surface area contributed by atoms with Gasteiger partial charge in [-0.2, -0.15) is 0 Å². The van der Waals surface area contributed by atoms with Crippen LogP contribution in [0.5, 0.6) is 5.75 Å². The molecule has 0 fully saturated rings. The van der Waals surface area contributed by atoms with Crippen molar-refractivity contribution in [2.24, 2.45) is 0 Å². The fourth-order valence-electron chi connectivity index (χ4n) is 2.63. The molecule has 2 rings (SSSR count). The fourth-order valence-corrected chi connectivity index (χ4v) is 2.63. The maximum atomic E-state index is 11.7. The van der Waals surface area contributed by atoms with Crippen molar-refractivity contribution >= 4 is 17.9 Å². The fraction of sp³-hybridized carbons (Fsp3) is 0.281. The van der Waals surface area contributed by atoms with E-state index in [4.69, 9.17) is 18.9 Å². The second kappa shape index (κ2) is 20.6. The minimum absolute atomic E-state index is 0.201. The van der Waals surface area contributed by atoms with Crippen LogP contribution in [0.15, 0.2) is 98.5 Å². The third kappa shape index (κ3) is 15.5. The van der Waals surface area contributed by atoms with Crippen LogP contribution in [0, 0.1) is 0 Å². The summed E-state index contributed by atoms with van der Waals surface area (Å²) in [6.07, 6.45) is 4.91. The molecule has 0 aromatic heterocycles. The first kappa shape index (κ1) is 34.6. The topological polar surface area (TPSA) is 88.1 Å². The van der Waals surface area contributed by atoms with Crippen LogP contribution >= 0.6 is 0 Å². The van der Waals surface area contributed by atoms with Crippen LogP contribution in [0.4, 0.5) is 0 Å². The molecule has 0 N–H and O–H groups in total. The number of ether oxygens (including phenoxy) is 4. The van der Waals surface area contributed by atoms with Crippen molar-refractivity contribution in [2.75, 3.05) is 13.2 Å². The van der Waals surface area contributed by atoms with Gasteiger partial charge in [-0.3, -0.25) is 0 Å². The summed E-state index contributed by atoms with van der Waals surface area (Å²) < 4.78 is 20.2. The molecule has 0 aliphatic carbocycles. The van der Waals surface area contributed by atoms with Crippen molar-refractivity contribution < 1.29 is 33.3 Å². The summed E-state index contributed by atoms with van der Waals surface area (Å²) in [4.78, 5) is 33.9. The third-order valence-corrected chi connectivity index (χ3v) is 4.62. The minimum atomic E-state index is -0.495. The number of unbranched alkanes of at least 4 members (excludes halogenated alkanes) is 1. The number of esters is 3. The maximum Gasteiger partial charge on any atom is 0.343 e. The zero-order valence-electron chi connectivity index (χ0n) is 23.5. The van der Waals surface area contributed by atoms with E-state index in [2.05, 4.69) is 33.2 Å². The van der Waals surface area contributed by atoms with Gasteiger partial charge in [-0.05, 0) is 74.2 Å². The Bertz CT molecular complexity index is 1080. The van der Waals surface area contributed by atoms with Gasteiger partial charge in [-0.1, -0.05) is 59.2 Å². The molecule has 0 bridgehead atoms. The van der Waals surface area contributed by atoms with Crippen LogP contribution in [-0.4, -0.2) is 31.1 Å². The van der Waals surface area contributed by atoms with E-state index < -0.39 is 11.9 Å². The zero-order valence-corrected chi connectivity index (χ0v) is 23.5. The van der Waals surface area contributed by atoms with Crippen LogP contribution in [0.1, 0.15) is 66.8 Å². The average molecular weight is 537 g/mol. The van der Waals surface area contributed by atoms with Crippen LogP contribution in [-0.2, 0) is 25.4 Å². The lowest BCUT2D eigenvalue weighted by molar-refractivity contribution is -0.137. The normalized spacial score (nSPS) is 9.23. The molecule has 0 aliphatic rings. The van der Waals surface area contributed by atoms with E-state index >= 15 is 0 Å². The second-order valence-electron chi connectivity index (χ2n) is 7.65. The lowest BCUT2D eigenvalue weighted by Gasteiger charge is -2.07. The van der Waals surface area contributed by atoms with Gasteiger partial charge in [0.2, 0.25) is 0 Å². The van der Waals surface area contributed by atoms with Crippen molar-refractivity contribution in [3.63, 3.8) is 0 Å². The van der Waals surface area contributed by atoms with Gasteiger partial charge in [0.05, 0.1) is 30.1 Å². The van der Waals surface area contributed by atoms with Gasteiger partial charge in [0.15, 0.2) is 0 Å². The number of rotatable bonds is 13. The van der Waals surface area contributed by atoms with Crippen LogP contribution < -0.4 is 4.74 Å². The highest BCUT2D eigenvalue weighted by molar-refractivity contribution is 5.90. The minimum Gasteiger partial charge on any atom is -0.494 e. The average Bonchev–Trinajstić information content (AvgIpc) is 2.96.